The summed E-state index contributed by atoms with van der Waals surface area (Å²) in [7, 11) is -1.68. The summed E-state index contributed by atoms with van der Waals surface area (Å²) in [5, 5.41) is 17.8. The highest BCUT2D eigenvalue weighted by Gasteiger charge is 2.51. The molecular weight excluding hydrogens is 1350 g/mol. The first kappa shape index (κ1) is 71.0. The first-order valence-electron chi connectivity index (χ1n) is 33.3. The van der Waals surface area contributed by atoms with Gasteiger partial charge in [-0.05, 0) is 137 Å². The molecular formula is C84H72B2BrClN10O4. The maximum Gasteiger partial charge on any atom is 0.494 e. The highest BCUT2D eigenvalue weighted by Crippen LogP contribution is 2.38. The van der Waals surface area contributed by atoms with Gasteiger partial charge in [-0.1, -0.05) is 258 Å². The van der Waals surface area contributed by atoms with Crippen molar-refractivity contribution >= 4 is 52.7 Å². The molecule has 0 amide bonds. The molecule has 502 valence electrons. The molecule has 4 aromatic heterocycles. The number of benzene rings is 10. The molecule has 1 aliphatic heterocycles. The van der Waals surface area contributed by atoms with E-state index in [1.54, 1.807) is 24.3 Å². The highest BCUT2D eigenvalue weighted by molar-refractivity contribution is 9.10. The lowest BCUT2D eigenvalue weighted by atomic mass is 9.79. The predicted molar refractivity (Wildman–Crippen MR) is 415 cm³/mol. The van der Waals surface area contributed by atoms with Crippen molar-refractivity contribution < 1.29 is 19.4 Å². The van der Waals surface area contributed by atoms with Crippen molar-refractivity contribution in [1.29, 1.82) is 0 Å². The fourth-order valence-corrected chi connectivity index (χ4v) is 12.1. The number of aryl methyl sites for hydroxylation is 4. The minimum absolute atomic E-state index is 0.326. The van der Waals surface area contributed by atoms with E-state index in [4.69, 9.17) is 45.9 Å². The Morgan fingerprint density at radius 1 is 0.304 bits per heavy atom. The Kier molecular flexibility index (Phi) is 22.4. The van der Waals surface area contributed by atoms with E-state index in [0.717, 1.165) is 111 Å². The number of nitrogens with zero attached hydrogens (tertiary/aromatic N) is 10. The van der Waals surface area contributed by atoms with Crippen LogP contribution in [0.3, 0.4) is 0 Å². The van der Waals surface area contributed by atoms with Crippen LogP contribution in [0.4, 0.5) is 0 Å². The normalized spacial score (nSPS) is 12.6. The lowest BCUT2D eigenvalue weighted by Crippen LogP contribution is -2.41. The number of hydrogen-bond donors (Lipinski definition) is 2. The van der Waals surface area contributed by atoms with Crippen LogP contribution in [0.2, 0.25) is 5.02 Å². The summed E-state index contributed by atoms with van der Waals surface area (Å²) in [4.78, 5) is 47.2. The Morgan fingerprint density at radius 2 is 0.569 bits per heavy atom. The molecule has 15 rings (SSSR count). The Labute approximate surface area is 609 Å². The Balaban J connectivity index is 0.000000144. The zero-order valence-corrected chi connectivity index (χ0v) is 60.0. The Morgan fingerprint density at radius 3 is 0.902 bits per heavy atom. The van der Waals surface area contributed by atoms with Crippen LogP contribution >= 0.6 is 27.5 Å². The lowest BCUT2D eigenvalue weighted by Gasteiger charge is -2.32. The minimum atomic E-state index is -1.34. The first-order chi connectivity index (χ1) is 49.3. The number of aromatic nitrogens is 10. The van der Waals surface area contributed by atoms with E-state index in [-0.39, 0.29) is 18.3 Å². The van der Waals surface area contributed by atoms with Gasteiger partial charge < -0.3 is 19.4 Å². The quantitative estimate of drug-likeness (QED) is 0.110. The van der Waals surface area contributed by atoms with E-state index in [0.29, 0.717) is 45.4 Å². The summed E-state index contributed by atoms with van der Waals surface area (Å²) in [6, 6.07) is 91.6. The third-order valence-electron chi connectivity index (χ3n) is 17.1. The van der Waals surface area contributed by atoms with Gasteiger partial charge in [0.2, 0.25) is 0 Å². The summed E-state index contributed by atoms with van der Waals surface area (Å²) in [6.07, 6.45) is 0. The second-order valence-corrected chi connectivity index (χ2v) is 26.8. The lowest BCUT2D eigenvalue weighted by molar-refractivity contribution is 0.00578. The summed E-state index contributed by atoms with van der Waals surface area (Å²) in [6.45, 7) is 16.2. The van der Waals surface area contributed by atoms with Gasteiger partial charge >= 0.3 is 14.2 Å². The van der Waals surface area contributed by atoms with Crippen molar-refractivity contribution in [2.75, 3.05) is 0 Å². The van der Waals surface area contributed by atoms with Crippen LogP contribution < -0.4 is 10.9 Å². The molecule has 1 saturated heterocycles. The molecule has 14 aromatic rings. The molecule has 1 aliphatic rings. The second-order valence-electron chi connectivity index (χ2n) is 25.4. The van der Waals surface area contributed by atoms with Gasteiger partial charge in [-0.3, -0.25) is 0 Å². The van der Waals surface area contributed by atoms with E-state index in [1.807, 2.05) is 216 Å². The van der Waals surface area contributed by atoms with Gasteiger partial charge in [0.25, 0.3) is 0 Å². The maximum absolute atomic E-state index is 8.58. The van der Waals surface area contributed by atoms with E-state index in [9.17, 15) is 0 Å². The number of rotatable bonds is 12. The third kappa shape index (κ3) is 18.0. The molecule has 0 aliphatic carbocycles. The van der Waals surface area contributed by atoms with E-state index in [2.05, 4.69) is 145 Å². The summed E-state index contributed by atoms with van der Waals surface area (Å²) < 4.78 is 13.0. The summed E-state index contributed by atoms with van der Waals surface area (Å²) in [5.41, 5.74) is 16.6. The molecule has 102 heavy (non-hydrogen) atoms. The fourth-order valence-electron chi connectivity index (χ4n) is 11.2. The van der Waals surface area contributed by atoms with Gasteiger partial charge in [0, 0.05) is 76.8 Å². The molecule has 0 atom stereocenters. The van der Waals surface area contributed by atoms with Crippen LogP contribution in [-0.4, -0.2) is 85.3 Å². The molecule has 10 aromatic carbocycles. The van der Waals surface area contributed by atoms with Gasteiger partial charge in [0.1, 0.15) is 0 Å². The molecule has 0 radical (unpaired) electrons. The molecule has 14 nitrogen and oxygen atoms in total. The van der Waals surface area contributed by atoms with Gasteiger partial charge in [-0.15, -0.1) is 0 Å². The smallest absolute Gasteiger partial charge is 0.423 e. The van der Waals surface area contributed by atoms with Crippen LogP contribution in [0.1, 0.15) is 50.5 Å². The molecule has 0 unspecified atom stereocenters. The average Bonchev–Trinajstić information content (AvgIpc) is 1.60. The van der Waals surface area contributed by atoms with Crippen molar-refractivity contribution in [3.63, 3.8) is 0 Å². The van der Waals surface area contributed by atoms with Gasteiger partial charge in [0.15, 0.2) is 46.6 Å². The van der Waals surface area contributed by atoms with E-state index < -0.39 is 7.12 Å². The van der Waals surface area contributed by atoms with Crippen molar-refractivity contribution in [3.8, 4) is 113 Å². The second kappa shape index (κ2) is 32.2. The van der Waals surface area contributed by atoms with Crippen molar-refractivity contribution in [2.45, 2.75) is 66.6 Å². The SMILES string of the molecule is Cc1cc(C)nc(-c2ccc(-c3cc(-c4ccccc4)cc(-c4nc(-c5ccccc5)nc(-c5ccccc5)n4)c3)cc2)n1.Cc1cc(C)nc(-c2ccc(B3OC(C)(C)C(C)(C)O3)cc2)n1.Clc1cc(Br)cc(-c2nc(-c3ccccc3)nc(-c3ccccc3)n2)c1.OB(O)c1ccccc1. The third-order valence-corrected chi connectivity index (χ3v) is 17.7. The van der Waals surface area contributed by atoms with Crippen LogP contribution in [0.15, 0.2) is 284 Å². The van der Waals surface area contributed by atoms with Crippen LogP contribution in [0.5, 0.6) is 0 Å². The molecule has 0 saturated carbocycles. The fraction of sp³-hybridized carbons (Fsp3) is 0.119. The van der Waals surface area contributed by atoms with E-state index >= 15 is 0 Å². The van der Waals surface area contributed by atoms with Crippen molar-refractivity contribution in [1.82, 2.24) is 49.8 Å². The summed E-state index contributed by atoms with van der Waals surface area (Å²) >= 11 is 9.69. The zero-order valence-electron chi connectivity index (χ0n) is 57.7. The van der Waals surface area contributed by atoms with Crippen molar-refractivity contribution in [3.05, 3.63) is 311 Å². The number of halogens is 2. The average molecular weight is 1420 g/mol. The predicted octanol–water partition coefficient (Wildman–Crippen LogP) is 18.0. The largest absolute Gasteiger partial charge is 0.494 e. The summed E-state index contributed by atoms with van der Waals surface area (Å²) in [5.74, 6) is 5.23. The van der Waals surface area contributed by atoms with Crippen LogP contribution in [0, 0.1) is 27.7 Å². The standard InChI is InChI=1S/C39H29N5.C21H13BrClN3.C18H23BN2O2.C6H7BO2/c1-26-22-27(2)41-36(40-26)32-20-18-29(19-21-32)34-23-33(28-12-6-3-7-13-28)24-35(25-34)39-43-37(30-14-8-4-9-15-30)42-38(44-39)31-16-10-5-11-17-31;22-17-11-16(12-18(23)13-17)21-25-19(14-7-3-1-4-8-14)24-20(26-21)15-9-5-2-6-10-15;1-12-11-13(2)21-16(20-12)14-7-9-15(10-8-14)19-22-17(3,4)18(5,6)23-19;8-7(9)6-4-2-1-3-5-6/h3-25H,1-2H3;1-13H;7-11H,1-6H3;1-5,8-9H. The van der Waals surface area contributed by atoms with E-state index in [1.165, 1.54) is 0 Å². The van der Waals surface area contributed by atoms with Gasteiger partial charge in [-0.25, -0.2) is 49.8 Å². The highest BCUT2D eigenvalue weighted by atomic mass is 79.9. The monoisotopic (exact) mass is 1420 g/mol. The maximum atomic E-state index is 8.58. The topological polar surface area (TPSA) is 188 Å². The van der Waals surface area contributed by atoms with Crippen molar-refractivity contribution in [2.24, 2.45) is 0 Å². The molecule has 0 spiro atoms. The molecule has 2 N–H and O–H groups in total. The molecule has 0 bridgehead atoms. The minimum Gasteiger partial charge on any atom is -0.423 e. The Hall–Kier alpha value is -10.9. The van der Waals surface area contributed by atoms with Gasteiger partial charge in [-0.2, -0.15) is 0 Å². The number of hydrogen-bond acceptors (Lipinski definition) is 14. The zero-order chi connectivity index (χ0) is 71.3. The van der Waals surface area contributed by atoms with Gasteiger partial charge in [0.05, 0.1) is 11.2 Å². The molecule has 1 fully saturated rings. The molecule has 18 heteroatoms. The van der Waals surface area contributed by atoms with Crippen LogP contribution in [0.25, 0.3) is 113 Å². The van der Waals surface area contributed by atoms with Crippen LogP contribution in [-0.2, 0) is 9.31 Å². The molecule has 5 heterocycles. The Bertz CT molecular complexity index is 4970. The first-order valence-corrected chi connectivity index (χ1v) is 34.5.